The zero-order valence-corrected chi connectivity index (χ0v) is 27.2. The van der Waals surface area contributed by atoms with Crippen LogP contribution in [-0.4, -0.2) is 34.3 Å². The van der Waals surface area contributed by atoms with Crippen LogP contribution in [0.3, 0.4) is 0 Å². The number of fused-ring (bicyclic) bond motifs is 3. The van der Waals surface area contributed by atoms with Crippen LogP contribution in [0.25, 0.3) is 53.9 Å². The molecule has 1 aliphatic carbocycles. The van der Waals surface area contributed by atoms with Crippen molar-refractivity contribution in [3.63, 3.8) is 0 Å². The highest BCUT2D eigenvalue weighted by Gasteiger charge is 2.31. The SMILES string of the molecule is CCOC(=O)CCCn1c(O)c2cc(Cl)c3c4c(Cl)cc5c6c(cc(Cl)c(c7c(Cl)cc(c1=O)c2c37)c64)NC1CCCCC1N=5. The number of hydrogen-bond donors (Lipinski definition) is 2. The molecule has 2 N–H and O–H groups in total. The van der Waals surface area contributed by atoms with Crippen molar-refractivity contribution in [1.29, 1.82) is 0 Å². The maximum Gasteiger partial charge on any atom is 0.305 e. The standard InChI is InChI=1S/C34H27Cl4N3O4/c1-2-45-24(42)8-5-9-41-33(43)14-10-16(35)26-28-18(37)12-22-30-23(40-21-7-4-3-6-20(21)39-22)13-19(38)29(32(28)30)27-17(36)11-15(34(41)44)25(14)31(26)27/h10-13,20-21,39,44H,2-9H2,1H3. The summed E-state index contributed by atoms with van der Waals surface area (Å²) >= 11 is 28.5. The topological polar surface area (TPSA) is 92.9 Å². The van der Waals surface area contributed by atoms with E-state index in [2.05, 4.69) is 5.32 Å². The predicted molar refractivity (Wildman–Crippen MR) is 183 cm³/mol. The molecular formula is C34H27Cl4N3O4. The third-order valence-electron chi connectivity index (χ3n) is 9.51. The minimum Gasteiger partial charge on any atom is -0.494 e. The van der Waals surface area contributed by atoms with Crippen LogP contribution in [-0.2, 0) is 16.1 Å². The van der Waals surface area contributed by atoms with Gasteiger partial charge in [0.05, 0.1) is 33.4 Å². The Balaban J connectivity index is 1.49. The maximum atomic E-state index is 13.9. The Kier molecular flexibility index (Phi) is 6.92. The monoisotopic (exact) mass is 681 g/mol. The smallest absolute Gasteiger partial charge is 0.305 e. The van der Waals surface area contributed by atoms with E-state index in [0.717, 1.165) is 47.5 Å². The van der Waals surface area contributed by atoms with Gasteiger partial charge in [0.1, 0.15) is 0 Å². The van der Waals surface area contributed by atoms with Gasteiger partial charge in [-0.25, -0.2) is 0 Å². The Morgan fingerprint density at radius 1 is 0.889 bits per heavy atom. The number of ether oxygens (including phenoxy) is 1. The number of carbonyl (C=O) groups is 1. The molecule has 11 heteroatoms. The first kappa shape index (κ1) is 29.2. The van der Waals surface area contributed by atoms with Crippen LogP contribution in [0.5, 0.6) is 5.88 Å². The van der Waals surface area contributed by atoms with Crippen molar-refractivity contribution < 1.29 is 14.6 Å². The van der Waals surface area contributed by atoms with E-state index in [9.17, 15) is 14.7 Å². The summed E-state index contributed by atoms with van der Waals surface area (Å²) < 4.78 is 6.27. The van der Waals surface area contributed by atoms with Crippen molar-refractivity contribution in [3.05, 3.63) is 60.1 Å². The summed E-state index contributed by atoms with van der Waals surface area (Å²) in [5.41, 5.74) is 0.464. The van der Waals surface area contributed by atoms with Crippen molar-refractivity contribution >= 4 is 112 Å². The fourth-order valence-electron chi connectivity index (χ4n) is 7.68. The van der Waals surface area contributed by atoms with Gasteiger partial charge in [-0.2, -0.15) is 0 Å². The Bertz CT molecular complexity index is 2350. The van der Waals surface area contributed by atoms with Gasteiger partial charge in [0, 0.05) is 83.2 Å². The highest BCUT2D eigenvalue weighted by atomic mass is 35.5. The highest BCUT2D eigenvalue weighted by Crippen LogP contribution is 2.52. The highest BCUT2D eigenvalue weighted by molar-refractivity contribution is 6.55. The molecule has 45 heavy (non-hydrogen) atoms. The number of rotatable bonds is 5. The van der Waals surface area contributed by atoms with E-state index in [0.29, 0.717) is 69.6 Å². The molecule has 0 bridgehead atoms. The normalized spacial score (nSPS) is 18.1. The van der Waals surface area contributed by atoms with Gasteiger partial charge in [-0.15, -0.1) is 0 Å². The molecule has 5 aromatic carbocycles. The molecule has 0 spiro atoms. The minimum atomic E-state index is -0.430. The average molecular weight is 683 g/mol. The number of benzene rings is 5. The van der Waals surface area contributed by atoms with Gasteiger partial charge in [0.15, 0.2) is 0 Å². The first-order valence-corrected chi connectivity index (χ1v) is 16.7. The zero-order chi connectivity index (χ0) is 31.3. The molecule has 7 nitrogen and oxygen atoms in total. The molecule has 8 rings (SSSR count). The second kappa shape index (κ2) is 10.7. The van der Waals surface area contributed by atoms with Crippen LogP contribution in [0.4, 0.5) is 5.69 Å². The number of nitrogens with zero attached hydrogens (tertiary/aromatic N) is 2. The molecule has 2 heterocycles. The van der Waals surface area contributed by atoms with E-state index in [-0.39, 0.29) is 43.5 Å². The van der Waals surface area contributed by atoms with Crippen LogP contribution in [0.1, 0.15) is 45.4 Å². The Hall–Kier alpha value is -3.23. The van der Waals surface area contributed by atoms with E-state index < -0.39 is 5.56 Å². The summed E-state index contributed by atoms with van der Waals surface area (Å²) in [6, 6.07) is 7.45. The van der Waals surface area contributed by atoms with Crippen molar-refractivity contribution in [2.24, 2.45) is 4.99 Å². The van der Waals surface area contributed by atoms with Crippen molar-refractivity contribution in [3.8, 4) is 5.88 Å². The van der Waals surface area contributed by atoms with Gasteiger partial charge in [-0.05, 0) is 50.5 Å². The van der Waals surface area contributed by atoms with Crippen LogP contribution < -0.4 is 16.2 Å². The van der Waals surface area contributed by atoms with Gasteiger partial charge in [0.25, 0.3) is 5.56 Å². The van der Waals surface area contributed by atoms with Crippen LogP contribution >= 0.6 is 46.4 Å². The lowest BCUT2D eigenvalue weighted by atomic mass is 9.86. The molecule has 1 aromatic heterocycles. The van der Waals surface area contributed by atoms with Crippen molar-refractivity contribution in [1.82, 2.24) is 4.57 Å². The summed E-state index contributed by atoms with van der Waals surface area (Å²) in [5.74, 6) is -0.607. The van der Waals surface area contributed by atoms with Crippen LogP contribution in [0, 0.1) is 0 Å². The lowest BCUT2D eigenvalue weighted by Gasteiger charge is -2.29. The largest absolute Gasteiger partial charge is 0.494 e. The predicted octanol–water partition coefficient (Wildman–Crippen LogP) is 8.79. The second-order valence-corrected chi connectivity index (χ2v) is 13.6. The van der Waals surface area contributed by atoms with E-state index in [4.69, 9.17) is 56.1 Å². The van der Waals surface area contributed by atoms with E-state index in [1.54, 1.807) is 19.1 Å². The zero-order valence-electron chi connectivity index (χ0n) is 24.2. The molecule has 1 saturated carbocycles. The molecule has 6 aromatic rings. The second-order valence-electron chi connectivity index (χ2n) is 12.0. The number of hydrogen-bond acceptors (Lipinski definition) is 6. The lowest BCUT2D eigenvalue weighted by molar-refractivity contribution is -0.143. The molecule has 0 saturated heterocycles. The first-order valence-electron chi connectivity index (χ1n) is 15.2. The summed E-state index contributed by atoms with van der Waals surface area (Å²) in [6.45, 7) is 2.11. The molecule has 2 aliphatic rings. The molecule has 0 radical (unpaired) electrons. The van der Waals surface area contributed by atoms with Crippen LogP contribution in [0.15, 0.2) is 34.1 Å². The Labute approximate surface area is 276 Å². The van der Waals surface area contributed by atoms with E-state index in [1.165, 1.54) is 4.57 Å². The molecule has 1 aliphatic heterocycles. The van der Waals surface area contributed by atoms with Gasteiger partial charge >= 0.3 is 5.97 Å². The minimum absolute atomic E-state index is 0.104. The molecule has 230 valence electrons. The van der Waals surface area contributed by atoms with Gasteiger partial charge in [0.2, 0.25) is 5.88 Å². The fraction of sp³-hybridized carbons (Fsp3) is 0.324. The van der Waals surface area contributed by atoms with Crippen molar-refractivity contribution in [2.75, 3.05) is 11.9 Å². The van der Waals surface area contributed by atoms with Gasteiger partial charge in [-0.1, -0.05) is 59.2 Å². The number of pyridine rings is 1. The summed E-state index contributed by atoms with van der Waals surface area (Å²) in [7, 11) is 0. The number of aromatic nitrogens is 1. The third kappa shape index (κ3) is 4.20. The quantitative estimate of drug-likeness (QED) is 0.108. The van der Waals surface area contributed by atoms with Crippen molar-refractivity contribution in [2.45, 2.75) is 64.1 Å². The molecule has 1 fully saturated rings. The summed E-state index contributed by atoms with van der Waals surface area (Å²) in [4.78, 5) is 31.1. The number of halogens is 4. The summed E-state index contributed by atoms with van der Waals surface area (Å²) in [6.07, 6.45) is 4.68. The average Bonchev–Trinajstić information content (AvgIpc) is 3.16. The van der Waals surface area contributed by atoms with E-state index in [1.807, 2.05) is 12.1 Å². The lowest BCUT2D eigenvalue weighted by Crippen LogP contribution is -2.35. The third-order valence-corrected chi connectivity index (χ3v) is 10.7. The molecule has 2 atom stereocenters. The summed E-state index contributed by atoms with van der Waals surface area (Å²) in [5, 5.41) is 23.8. The van der Waals surface area contributed by atoms with E-state index >= 15 is 0 Å². The maximum absolute atomic E-state index is 13.9. The molecular weight excluding hydrogens is 656 g/mol. The number of esters is 1. The number of carbonyl (C=O) groups excluding carboxylic acids is 1. The Morgan fingerprint density at radius 3 is 2.22 bits per heavy atom. The number of anilines is 1. The van der Waals surface area contributed by atoms with Gasteiger partial charge in [-0.3, -0.25) is 19.1 Å². The fourth-order valence-corrected chi connectivity index (χ4v) is 8.87. The molecule has 0 amide bonds. The Morgan fingerprint density at radius 2 is 1.51 bits per heavy atom. The number of nitrogens with one attached hydrogen (secondary N) is 1. The molecule has 2 unspecified atom stereocenters. The first-order chi connectivity index (χ1) is 21.7. The van der Waals surface area contributed by atoms with Gasteiger partial charge < -0.3 is 15.2 Å². The van der Waals surface area contributed by atoms with Crippen LogP contribution in [0.2, 0.25) is 20.1 Å². The number of aromatic hydroxyl groups is 1.